The lowest BCUT2D eigenvalue weighted by Gasteiger charge is -2.46. The lowest BCUT2D eigenvalue weighted by atomic mass is 9.77. The number of likely N-dealkylation sites (N-methyl/N-ethyl adjacent to an activating group) is 1. The van der Waals surface area contributed by atoms with Gasteiger partial charge in [0.05, 0.1) is 5.54 Å². The van der Waals surface area contributed by atoms with E-state index >= 15 is 0 Å². The molecule has 3 rings (SSSR count). The molecule has 0 saturated carbocycles. The summed E-state index contributed by atoms with van der Waals surface area (Å²) in [5, 5.41) is 0. The summed E-state index contributed by atoms with van der Waals surface area (Å²) in [6.07, 6.45) is 1.16. The van der Waals surface area contributed by atoms with Crippen molar-refractivity contribution in [3.63, 3.8) is 0 Å². The van der Waals surface area contributed by atoms with E-state index in [1.54, 1.807) is 0 Å². The molecule has 98 valence electrons. The molecule has 0 radical (unpaired) electrons. The molecule has 1 nitrogen and oxygen atoms in total. The monoisotopic (exact) mass is 251 g/mol. The zero-order valence-corrected chi connectivity index (χ0v) is 11.8. The van der Waals surface area contributed by atoms with Crippen molar-refractivity contribution < 1.29 is 0 Å². The highest BCUT2D eigenvalue weighted by Gasteiger charge is 2.38. The highest BCUT2D eigenvalue weighted by Crippen LogP contribution is 2.40. The van der Waals surface area contributed by atoms with E-state index in [1.165, 1.54) is 16.7 Å². The summed E-state index contributed by atoms with van der Waals surface area (Å²) in [6.45, 7) is 6.84. The fourth-order valence-corrected chi connectivity index (χ4v) is 3.44. The van der Waals surface area contributed by atoms with Crippen molar-refractivity contribution in [1.82, 2.24) is 4.90 Å². The Bertz CT molecular complexity index is 561. The molecule has 1 aliphatic rings. The zero-order valence-electron chi connectivity index (χ0n) is 11.8. The van der Waals surface area contributed by atoms with E-state index in [0.717, 1.165) is 19.5 Å². The van der Waals surface area contributed by atoms with Gasteiger partial charge in [-0.1, -0.05) is 61.5 Å². The smallest absolute Gasteiger partial charge is 0.0689 e. The second kappa shape index (κ2) is 4.82. The SMILES string of the molecule is CCN1CCc2ccccc2C1(C)c1ccccc1. The molecule has 0 fully saturated rings. The van der Waals surface area contributed by atoms with Crippen molar-refractivity contribution in [1.29, 1.82) is 0 Å². The minimum atomic E-state index is 0.00481. The van der Waals surface area contributed by atoms with E-state index in [1.807, 2.05) is 0 Å². The molecule has 2 aromatic carbocycles. The highest BCUT2D eigenvalue weighted by molar-refractivity contribution is 5.44. The minimum absolute atomic E-state index is 0.00481. The van der Waals surface area contributed by atoms with Crippen LogP contribution >= 0.6 is 0 Å². The standard InChI is InChI=1S/C18H21N/c1-3-19-14-13-15-9-7-8-12-17(15)18(19,2)16-10-5-4-6-11-16/h4-12H,3,13-14H2,1-2H3. The third-order valence-corrected chi connectivity index (χ3v) is 4.54. The highest BCUT2D eigenvalue weighted by atomic mass is 15.2. The van der Waals surface area contributed by atoms with Gasteiger partial charge in [-0.3, -0.25) is 4.90 Å². The quantitative estimate of drug-likeness (QED) is 0.784. The Balaban J connectivity index is 2.20. The van der Waals surface area contributed by atoms with Gasteiger partial charge in [-0.05, 0) is 36.6 Å². The Morgan fingerprint density at radius 1 is 1.00 bits per heavy atom. The molecular weight excluding hydrogens is 230 g/mol. The van der Waals surface area contributed by atoms with Gasteiger partial charge < -0.3 is 0 Å². The van der Waals surface area contributed by atoms with Crippen LogP contribution in [0.15, 0.2) is 54.6 Å². The molecule has 0 saturated heterocycles. The molecule has 0 bridgehead atoms. The first kappa shape index (κ1) is 12.4. The van der Waals surface area contributed by atoms with Crippen molar-refractivity contribution >= 4 is 0 Å². The van der Waals surface area contributed by atoms with Crippen LogP contribution in [0.2, 0.25) is 0 Å². The lowest BCUT2D eigenvalue weighted by Crippen LogP contribution is -2.49. The Morgan fingerprint density at radius 3 is 2.42 bits per heavy atom. The first-order valence-electron chi connectivity index (χ1n) is 7.15. The van der Waals surface area contributed by atoms with Crippen molar-refractivity contribution in [2.75, 3.05) is 13.1 Å². The van der Waals surface area contributed by atoms with Crippen molar-refractivity contribution in [3.05, 3.63) is 71.3 Å². The summed E-state index contributed by atoms with van der Waals surface area (Å²) in [5.74, 6) is 0. The number of nitrogens with zero attached hydrogens (tertiary/aromatic N) is 1. The zero-order chi connectivity index (χ0) is 13.3. The van der Waals surface area contributed by atoms with Crippen LogP contribution in [0.1, 0.15) is 30.5 Å². The van der Waals surface area contributed by atoms with E-state index in [9.17, 15) is 0 Å². The normalized spacial score (nSPS) is 23.1. The summed E-state index contributed by atoms with van der Waals surface area (Å²) < 4.78 is 0. The molecule has 1 unspecified atom stereocenters. The molecule has 1 atom stereocenters. The van der Waals surface area contributed by atoms with Gasteiger partial charge in [0.2, 0.25) is 0 Å². The van der Waals surface area contributed by atoms with Gasteiger partial charge in [-0.15, -0.1) is 0 Å². The maximum Gasteiger partial charge on any atom is 0.0689 e. The summed E-state index contributed by atoms with van der Waals surface area (Å²) in [7, 11) is 0. The Hall–Kier alpha value is -1.60. The Morgan fingerprint density at radius 2 is 1.68 bits per heavy atom. The second-order valence-electron chi connectivity index (χ2n) is 5.43. The summed E-state index contributed by atoms with van der Waals surface area (Å²) in [4.78, 5) is 2.59. The predicted molar refractivity (Wildman–Crippen MR) is 80.3 cm³/mol. The van der Waals surface area contributed by atoms with Gasteiger partial charge in [-0.2, -0.15) is 0 Å². The number of hydrogen-bond donors (Lipinski definition) is 0. The molecule has 1 heteroatoms. The van der Waals surface area contributed by atoms with Crippen LogP contribution in [-0.4, -0.2) is 18.0 Å². The topological polar surface area (TPSA) is 3.24 Å². The van der Waals surface area contributed by atoms with Gasteiger partial charge in [-0.25, -0.2) is 0 Å². The second-order valence-corrected chi connectivity index (χ2v) is 5.43. The molecule has 2 aromatic rings. The van der Waals surface area contributed by atoms with Crippen LogP contribution in [0, 0.1) is 0 Å². The number of hydrogen-bond acceptors (Lipinski definition) is 1. The molecule has 19 heavy (non-hydrogen) atoms. The minimum Gasteiger partial charge on any atom is -0.290 e. The van der Waals surface area contributed by atoms with Crippen LogP contribution in [0.3, 0.4) is 0 Å². The summed E-state index contributed by atoms with van der Waals surface area (Å²) in [5.41, 5.74) is 4.36. The lowest BCUT2D eigenvalue weighted by molar-refractivity contribution is 0.134. The molecule has 0 aliphatic carbocycles. The first-order chi connectivity index (χ1) is 9.26. The van der Waals surface area contributed by atoms with E-state index in [0.29, 0.717) is 0 Å². The van der Waals surface area contributed by atoms with Crippen LogP contribution in [0.5, 0.6) is 0 Å². The average molecular weight is 251 g/mol. The fourth-order valence-electron chi connectivity index (χ4n) is 3.44. The van der Waals surface area contributed by atoms with Gasteiger partial charge in [0.15, 0.2) is 0 Å². The largest absolute Gasteiger partial charge is 0.290 e. The molecule has 1 aliphatic heterocycles. The number of fused-ring (bicyclic) bond motifs is 1. The fraction of sp³-hybridized carbons (Fsp3) is 0.333. The maximum absolute atomic E-state index is 2.59. The first-order valence-corrected chi connectivity index (χ1v) is 7.15. The van der Waals surface area contributed by atoms with E-state index in [4.69, 9.17) is 0 Å². The number of benzene rings is 2. The van der Waals surface area contributed by atoms with Gasteiger partial charge >= 0.3 is 0 Å². The van der Waals surface area contributed by atoms with E-state index < -0.39 is 0 Å². The Kier molecular flexibility index (Phi) is 3.16. The van der Waals surface area contributed by atoms with Gasteiger partial charge in [0.1, 0.15) is 0 Å². The van der Waals surface area contributed by atoms with Gasteiger partial charge in [0.25, 0.3) is 0 Å². The average Bonchev–Trinajstić information content (AvgIpc) is 2.49. The molecule has 0 N–H and O–H groups in total. The molecular formula is C18H21N. The van der Waals surface area contributed by atoms with Crippen molar-refractivity contribution in [2.24, 2.45) is 0 Å². The van der Waals surface area contributed by atoms with Crippen LogP contribution in [-0.2, 0) is 12.0 Å². The molecule has 0 spiro atoms. The van der Waals surface area contributed by atoms with Crippen LogP contribution in [0.25, 0.3) is 0 Å². The summed E-state index contributed by atoms with van der Waals surface area (Å²) in [6, 6.07) is 19.8. The van der Waals surface area contributed by atoms with Crippen molar-refractivity contribution in [3.8, 4) is 0 Å². The molecule has 1 heterocycles. The third-order valence-electron chi connectivity index (χ3n) is 4.54. The summed E-state index contributed by atoms with van der Waals surface area (Å²) >= 11 is 0. The van der Waals surface area contributed by atoms with Crippen LogP contribution in [0.4, 0.5) is 0 Å². The molecule has 0 amide bonds. The Labute approximate surface area is 115 Å². The van der Waals surface area contributed by atoms with Crippen LogP contribution < -0.4 is 0 Å². The third kappa shape index (κ3) is 1.89. The van der Waals surface area contributed by atoms with Crippen molar-refractivity contribution in [2.45, 2.75) is 25.8 Å². The van der Waals surface area contributed by atoms with E-state index in [-0.39, 0.29) is 5.54 Å². The molecule has 0 aromatic heterocycles. The maximum atomic E-state index is 2.59. The van der Waals surface area contributed by atoms with Gasteiger partial charge in [0, 0.05) is 6.54 Å². The van der Waals surface area contributed by atoms with E-state index in [2.05, 4.69) is 73.3 Å². The number of rotatable bonds is 2. The predicted octanol–water partition coefficient (Wildman–Crippen LogP) is 3.83.